The fraction of sp³-hybridized carbons (Fsp3) is 0.400. The van der Waals surface area contributed by atoms with Crippen LogP contribution in [0.2, 0.25) is 0 Å². The number of carbonyl (C=O) groups excluding carboxylic acids is 1. The fourth-order valence-electron chi connectivity index (χ4n) is 3.03. The van der Waals surface area contributed by atoms with E-state index in [0.717, 1.165) is 33.8 Å². The van der Waals surface area contributed by atoms with Crippen LogP contribution in [0, 0.1) is 17.2 Å². The molecule has 0 fully saturated rings. The van der Waals surface area contributed by atoms with Crippen molar-refractivity contribution in [3.05, 3.63) is 64.2 Å². The van der Waals surface area contributed by atoms with E-state index in [1.54, 1.807) is 12.1 Å². The van der Waals surface area contributed by atoms with E-state index in [1.807, 2.05) is 26.8 Å². The van der Waals surface area contributed by atoms with Gasteiger partial charge in [-0.25, -0.2) is 4.39 Å². The van der Waals surface area contributed by atoms with Crippen molar-refractivity contribution in [2.75, 3.05) is 0 Å². The minimum atomic E-state index is -0.251. The van der Waals surface area contributed by atoms with Gasteiger partial charge in [0.2, 0.25) is 5.78 Å². The minimum absolute atomic E-state index is 0.00417. The zero-order valence-electron chi connectivity index (χ0n) is 18.0. The number of rotatable bonds is 5. The van der Waals surface area contributed by atoms with Gasteiger partial charge in [-0.1, -0.05) is 65.8 Å². The Balaban J connectivity index is 2.79. The lowest BCUT2D eigenvalue weighted by atomic mass is 9.84. The largest absolute Gasteiger partial charge is 0.453 e. The summed E-state index contributed by atoms with van der Waals surface area (Å²) in [5.74, 6) is 0.0334. The third-order valence-corrected chi connectivity index (χ3v) is 4.67. The molecule has 1 aromatic carbocycles. The Morgan fingerprint density at radius 2 is 1.79 bits per heavy atom. The van der Waals surface area contributed by atoms with Crippen LogP contribution in [0.1, 0.15) is 71.0 Å². The highest BCUT2D eigenvalue weighted by Crippen LogP contribution is 2.29. The van der Waals surface area contributed by atoms with Crippen LogP contribution in [0.15, 0.2) is 40.8 Å². The van der Waals surface area contributed by atoms with E-state index in [2.05, 4.69) is 39.8 Å². The maximum absolute atomic E-state index is 13.3. The first-order valence-electron chi connectivity index (χ1n) is 9.87. The van der Waals surface area contributed by atoms with Crippen LogP contribution in [-0.2, 0) is 0 Å². The Hall–Kier alpha value is -2.42. The number of furan rings is 1. The lowest BCUT2D eigenvalue weighted by Gasteiger charge is -2.20. The summed E-state index contributed by atoms with van der Waals surface area (Å²) in [5.41, 5.74) is 3.51. The normalized spacial score (nSPS) is 14.6. The molecule has 2 aromatic rings. The summed E-state index contributed by atoms with van der Waals surface area (Å²) in [6.07, 6.45) is 5.02. The first-order chi connectivity index (χ1) is 13.0. The molecule has 2 nitrogen and oxygen atoms in total. The molecule has 1 heterocycles. The van der Waals surface area contributed by atoms with E-state index in [4.69, 9.17) is 4.42 Å². The molecule has 0 unspecified atom stereocenters. The summed E-state index contributed by atoms with van der Waals surface area (Å²) in [6.45, 7) is 14.2. The maximum atomic E-state index is 13.3. The van der Waals surface area contributed by atoms with E-state index in [0.29, 0.717) is 5.76 Å². The molecule has 0 atom stereocenters. The van der Waals surface area contributed by atoms with Gasteiger partial charge in [-0.05, 0) is 48.1 Å². The third-order valence-electron chi connectivity index (χ3n) is 4.67. The van der Waals surface area contributed by atoms with Crippen LogP contribution in [-0.4, -0.2) is 5.78 Å². The van der Waals surface area contributed by atoms with Gasteiger partial charge in [0.25, 0.3) is 0 Å². The van der Waals surface area contributed by atoms with Crippen molar-refractivity contribution in [2.45, 2.75) is 54.9 Å². The summed E-state index contributed by atoms with van der Waals surface area (Å²) in [5, 5.41) is 0.944. The third kappa shape index (κ3) is 5.09. The van der Waals surface area contributed by atoms with E-state index < -0.39 is 0 Å². The molecule has 0 aliphatic rings. The molecule has 1 aromatic heterocycles. The topological polar surface area (TPSA) is 30.2 Å². The van der Waals surface area contributed by atoms with Crippen LogP contribution in [0.25, 0.3) is 17.2 Å². The van der Waals surface area contributed by atoms with E-state index >= 15 is 0 Å². The summed E-state index contributed by atoms with van der Waals surface area (Å²) >= 11 is 0. The molecule has 0 saturated carbocycles. The molecular formula is C25H31FO2. The zero-order valence-corrected chi connectivity index (χ0v) is 18.0. The number of hydrogen-bond acceptors (Lipinski definition) is 2. The van der Waals surface area contributed by atoms with Crippen molar-refractivity contribution in [3.8, 4) is 0 Å². The average molecular weight is 383 g/mol. The van der Waals surface area contributed by atoms with Crippen LogP contribution in [0.5, 0.6) is 0 Å². The summed E-state index contributed by atoms with van der Waals surface area (Å²) < 4.78 is 19.4. The highest BCUT2D eigenvalue weighted by atomic mass is 19.1. The van der Waals surface area contributed by atoms with Gasteiger partial charge >= 0.3 is 0 Å². The number of ketones is 1. The molecule has 0 amide bonds. The highest BCUT2D eigenvalue weighted by molar-refractivity contribution is 5.95. The summed E-state index contributed by atoms with van der Waals surface area (Å²) in [4.78, 5) is 12.5. The van der Waals surface area contributed by atoms with Crippen molar-refractivity contribution < 1.29 is 13.6 Å². The van der Waals surface area contributed by atoms with Crippen molar-refractivity contribution >= 4 is 23.0 Å². The lowest BCUT2D eigenvalue weighted by molar-refractivity contribution is 0.0909. The Labute approximate surface area is 167 Å². The standard InChI is InChI=1S/C25H31FO2/c1-8-9-19-15-22(23(27)16(2)3)28-24(19)21(25(5,6)7)14-17(4)18-10-12-20(26)13-11-18/h9-16H,8H2,1-7H3/b17-14+,19-9+,24-21-. The Kier molecular flexibility index (Phi) is 6.82. The smallest absolute Gasteiger partial charge is 0.200 e. The minimum Gasteiger partial charge on any atom is -0.453 e. The molecule has 0 N–H and O–H groups in total. The van der Waals surface area contributed by atoms with Crippen LogP contribution >= 0.6 is 0 Å². The second-order valence-electron chi connectivity index (χ2n) is 8.52. The number of halogens is 1. The molecule has 2 rings (SSSR count). The van der Waals surface area contributed by atoms with Crippen molar-refractivity contribution in [3.63, 3.8) is 0 Å². The van der Waals surface area contributed by atoms with Crippen LogP contribution in [0.3, 0.4) is 0 Å². The summed E-state index contributed by atoms with van der Waals surface area (Å²) in [7, 11) is 0. The monoisotopic (exact) mass is 382 g/mol. The first kappa shape index (κ1) is 21.9. The predicted molar refractivity (Wildman–Crippen MR) is 115 cm³/mol. The second-order valence-corrected chi connectivity index (χ2v) is 8.52. The molecule has 0 aliphatic carbocycles. The van der Waals surface area contributed by atoms with E-state index in [-0.39, 0.29) is 22.9 Å². The van der Waals surface area contributed by atoms with Crippen LogP contribution < -0.4 is 10.6 Å². The number of hydrogen-bond donors (Lipinski definition) is 0. The molecule has 0 radical (unpaired) electrons. The molecule has 0 spiro atoms. The molecular weight excluding hydrogens is 351 g/mol. The van der Waals surface area contributed by atoms with Gasteiger partial charge < -0.3 is 4.42 Å². The first-order valence-corrected chi connectivity index (χ1v) is 9.87. The predicted octanol–water partition coefficient (Wildman–Crippen LogP) is 5.75. The number of allylic oxidation sites excluding steroid dienone is 2. The van der Waals surface area contributed by atoms with E-state index in [1.165, 1.54) is 12.1 Å². The SMILES string of the molecule is CC\C=c1/cc(C(=O)C(C)C)o/c1=C(/C=C(\C)c1ccc(F)cc1)C(C)(C)C. The molecule has 0 aliphatic heterocycles. The lowest BCUT2D eigenvalue weighted by Crippen LogP contribution is -2.27. The molecule has 0 bridgehead atoms. The number of Topliss-reactive ketones (excluding diaryl/α,β-unsaturated/α-hetero) is 1. The number of carbonyl (C=O) groups is 1. The maximum Gasteiger partial charge on any atom is 0.200 e. The van der Waals surface area contributed by atoms with Crippen molar-refractivity contribution in [1.29, 1.82) is 0 Å². The van der Waals surface area contributed by atoms with Gasteiger partial charge in [-0.15, -0.1) is 0 Å². The number of benzene rings is 1. The molecule has 28 heavy (non-hydrogen) atoms. The second kappa shape index (κ2) is 8.72. The fourth-order valence-corrected chi connectivity index (χ4v) is 3.03. The van der Waals surface area contributed by atoms with Crippen molar-refractivity contribution in [1.82, 2.24) is 0 Å². The van der Waals surface area contributed by atoms with Gasteiger partial charge in [0.15, 0.2) is 5.76 Å². The van der Waals surface area contributed by atoms with Gasteiger partial charge in [0.1, 0.15) is 11.2 Å². The zero-order chi connectivity index (χ0) is 21.1. The van der Waals surface area contributed by atoms with Gasteiger partial charge in [0, 0.05) is 16.7 Å². The quantitative estimate of drug-likeness (QED) is 0.617. The summed E-state index contributed by atoms with van der Waals surface area (Å²) in [6, 6.07) is 8.33. The van der Waals surface area contributed by atoms with Gasteiger partial charge in [0.05, 0.1) is 0 Å². The van der Waals surface area contributed by atoms with E-state index in [9.17, 15) is 9.18 Å². The Morgan fingerprint density at radius 1 is 1.18 bits per heavy atom. The highest BCUT2D eigenvalue weighted by Gasteiger charge is 2.21. The van der Waals surface area contributed by atoms with Gasteiger partial charge in [-0.3, -0.25) is 4.79 Å². The average Bonchev–Trinajstić information content (AvgIpc) is 3.02. The van der Waals surface area contributed by atoms with Crippen LogP contribution in [0.4, 0.5) is 4.39 Å². The Morgan fingerprint density at radius 3 is 2.29 bits per heavy atom. The van der Waals surface area contributed by atoms with Gasteiger partial charge in [-0.2, -0.15) is 0 Å². The molecule has 3 heteroatoms. The Bertz CT molecular complexity index is 981. The molecule has 0 saturated heterocycles. The molecule has 150 valence electrons. The van der Waals surface area contributed by atoms with Crippen molar-refractivity contribution in [2.24, 2.45) is 11.3 Å².